The lowest BCUT2D eigenvalue weighted by atomic mass is 9.92. The predicted molar refractivity (Wildman–Crippen MR) is 163 cm³/mol. The number of imidazole rings is 1. The van der Waals surface area contributed by atoms with Gasteiger partial charge in [-0.25, -0.2) is 4.98 Å². The van der Waals surface area contributed by atoms with Gasteiger partial charge < -0.3 is 10.3 Å². The molecule has 0 radical (unpaired) electrons. The molecule has 40 heavy (non-hydrogen) atoms. The van der Waals surface area contributed by atoms with Crippen LogP contribution in [0.2, 0.25) is 0 Å². The highest BCUT2D eigenvalue weighted by molar-refractivity contribution is 5.96. The van der Waals surface area contributed by atoms with Crippen molar-refractivity contribution in [2.24, 2.45) is 5.41 Å². The van der Waals surface area contributed by atoms with Crippen LogP contribution >= 0.6 is 0 Å². The third-order valence-electron chi connectivity index (χ3n) is 6.59. The average molecular weight is 531 g/mol. The molecular formula is C33H34N6O. The Morgan fingerprint density at radius 3 is 2.62 bits per heavy atom. The molecule has 0 saturated heterocycles. The second-order valence-corrected chi connectivity index (χ2v) is 11.3. The van der Waals surface area contributed by atoms with Crippen molar-refractivity contribution in [1.29, 1.82) is 0 Å². The summed E-state index contributed by atoms with van der Waals surface area (Å²) >= 11 is 0. The fraction of sp³-hybridized carbons (Fsp3) is 0.212. The SMILES string of the molecule is C=C/C=C(/c1cccc(C)c1)c1nc(-c2n[nH]c3ccc(-c4cncc(NC(=O)CC(C)(C)C)c4)cc23)[nH]c1C. The Kier molecular flexibility index (Phi) is 7.22. The number of hydrogen-bond acceptors (Lipinski definition) is 4. The molecule has 202 valence electrons. The van der Waals surface area contributed by atoms with Crippen molar-refractivity contribution >= 4 is 28.1 Å². The fourth-order valence-corrected chi connectivity index (χ4v) is 4.80. The van der Waals surface area contributed by atoms with E-state index in [9.17, 15) is 4.79 Å². The van der Waals surface area contributed by atoms with Crippen molar-refractivity contribution in [3.63, 3.8) is 0 Å². The highest BCUT2D eigenvalue weighted by Gasteiger charge is 2.19. The number of carbonyl (C=O) groups excluding carboxylic acids is 1. The minimum Gasteiger partial charge on any atom is -0.340 e. The molecule has 0 spiro atoms. The van der Waals surface area contributed by atoms with Crippen LogP contribution in [0.5, 0.6) is 0 Å². The molecule has 0 aliphatic heterocycles. The second-order valence-electron chi connectivity index (χ2n) is 11.3. The first kappa shape index (κ1) is 26.8. The van der Waals surface area contributed by atoms with Crippen LogP contribution in [0.4, 0.5) is 5.69 Å². The topological polar surface area (TPSA) is 99.3 Å². The standard InChI is InChI=1S/C33H34N6O/c1-7-9-26(23-11-8-10-20(2)14-23)30-21(3)35-32(37-30)31-27-16-22(12-13-28(27)38-39-31)24-15-25(19-34-18-24)36-29(40)17-33(4,5)6/h7-16,18-19H,1,17H2,2-6H3,(H,35,37)(H,36,40)(H,38,39)/b26-9-. The van der Waals surface area contributed by atoms with Crippen LogP contribution in [0, 0.1) is 19.3 Å². The van der Waals surface area contributed by atoms with Crippen molar-refractivity contribution in [3.05, 3.63) is 102 Å². The van der Waals surface area contributed by atoms with E-state index in [2.05, 4.69) is 63.3 Å². The van der Waals surface area contributed by atoms with Gasteiger partial charge in [-0.2, -0.15) is 5.10 Å². The molecule has 3 N–H and O–H groups in total. The van der Waals surface area contributed by atoms with E-state index in [0.29, 0.717) is 17.9 Å². The van der Waals surface area contributed by atoms with Crippen LogP contribution in [-0.2, 0) is 4.79 Å². The fourth-order valence-electron chi connectivity index (χ4n) is 4.80. The Bertz CT molecular complexity index is 1750. The van der Waals surface area contributed by atoms with E-state index in [1.54, 1.807) is 18.5 Å². The summed E-state index contributed by atoms with van der Waals surface area (Å²) in [5.74, 6) is 0.651. The van der Waals surface area contributed by atoms with Gasteiger partial charge in [0.1, 0.15) is 5.69 Å². The van der Waals surface area contributed by atoms with E-state index >= 15 is 0 Å². The monoisotopic (exact) mass is 530 g/mol. The molecule has 0 aliphatic rings. The first-order valence-electron chi connectivity index (χ1n) is 13.3. The highest BCUT2D eigenvalue weighted by atomic mass is 16.1. The van der Waals surface area contributed by atoms with Crippen molar-refractivity contribution < 1.29 is 4.79 Å². The van der Waals surface area contributed by atoms with E-state index in [0.717, 1.165) is 50.2 Å². The maximum Gasteiger partial charge on any atom is 0.224 e. The van der Waals surface area contributed by atoms with Crippen LogP contribution in [-0.4, -0.2) is 31.1 Å². The largest absolute Gasteiger partial charge is 0.340 e. The van der Waals surface area contributed by atoms with Gasteiger partial charge in [-0.05, 0) is 48.6 Å². The maximum atomic E-state index is 12.5. The van der Waals surface area contributed by atoms with Gasteiger partial charge in [0.05, 0.1) is 23.1 Å². The number of nitrogens with one attached hydrogen (secondary N) is 3. The molecule has 5 aromatic rings. The van der Waals surface area contributed by atoms with Crippen molar-refractivity contribution in [2.45, 2.75) is 41.0 Å². The number of amides is 1. The number of allylic oxidation sites excluding steroid dienone is 2. The predicted octanol–water partition coefficient (Wildman–Crippen LogP) is 7.62. The second kappa shape index (κ2) is 10.8. The molecule has 7 nitrogen and oxygen atoms in total. The number of rotatable bonds is 7. The summed E-state index contributed by atoms with van der Waals surface area (Å²) in [6.07, 6.45) is 7.67. The molecule has 0 unspecified atom stereocenters. The number of benzene rings is 2. The van der Waals surface area contributed by atoms with Crippen LogP contribution in [0.1, 0.15) is 49.7 Å². The van der Waals surface area contributed by atoms with Gasteiger partial charge in [-0.15, -0.1) is 0 Å². The van der Waals surface area contributed by atoms with Crippen molar-refractivity contribution in [2.75, 3.05) is 5.32 Å². The summed E-state index contributed by atoms with van der Waals surface area (Å²) in [7, 11) is 0. The number of aromatic amines is 2. The highest BCUT2D eigenvalue weighted by Crippen LogP contribution is 2.33. The minimum absolute atomic E-state index is 0.0291. The summed E-state index contributed by atoms with van der Waals surface area (Å²) in [4.78, 5) is 25.3. The van der Waals surface area contributed by atoms with Gasteiger partial charge in [0, 0.05) is 34.8 Å². The van der Waals surface area contributed by atoms with Gasteiger partial charge in [0.2, 0.25) is 5.91 Å². The minimum atomic E-state index is -0.0931. The lowest BCUT2D eigenvalue weighted by molar-refractivity contribution is -0.117. The number of H-pyrrole nitrogens is 2. The molecule has 7 heteroatoms. The van der Waals surface area contributed by atoms with E-state index in [4.69, 9.17) is 4.98 Å². The van der Waals surface area contributed by atoms with Gasteiger partial charge >= 0.3 is 0 Å². The summed E-state index contributed by atoms with van der Waals surface area (Å²) in [6.45, 7) is 14.1. The summed E-state index contributed by atoms with van der Waals surface area (Å²) in [6, 6.07) is 16.4. The molecule has 5 rings (SSSR count). The molecule has 3 aromatic heterocycles. The molecule has 0 saturated carbocycles. The zero-order valence-electron chi connectivity index (χ0n) is 23.6. The lowest BCUT2D eigenvalue weighted by Gasteiger charge is -2.17. The Hall–Kier alpha value is -4.78. The van der Waals surface area contributed by atoms with Crippen molar-refractivity contribution in [1.82, 2.24) is 25.1 Å². The Morgan fingerprint density at radius 2 is 1.88 bits per heavy atom. The number of carbonyl (C=O) groups is 1. The number of aryl methyl sites for hydroxylation is 2. The Labute approximate surface area is 234 Å². The normalized spacial score (nSPS) is 12.1. The number of fused-ring (bicyclic) bond motifs is 1. The summed E-state index contributed by atoms with van der Waals surface area (Å²) < 4.78 is 0. The molecule has 3 heterocycles. The molecule has 2 aromatic carbocycles. The average Bonchev–Trinajstić information content (AvgIpc) is 3.49. The van der Waals surface area contributed by atoms with Gasteiger partial charge in [0.15, 0.2) is 5.82 Å². The Balaban J connectivity index is 1.50. The van der Waals surface area contributed by atoms with E-state index < -0.39 is 0 Å². The van der Waals surface area contributed by atoms with Gasteiger partial charge in [-0.3, -0.25) is 14.9 Å². The van der Waals surface area contributed by atoms with E-state index in [1.807, 2.05) is 58.0 Å². The molecule has 0 aliphatic carbocycles. The van der Waals surface area contributed by atoms with Crippen LogP contribution in [0.15, 0.2) is 79.7 Å². The first-order valence-corrected chi connectivity index (χ1v) is 13.3. The first-order chi connectivity index (χ1) is 19.1. The van der Waals surface area contributed by atoms with Gasteiger partial charge in [0.25, 0.3) is 0 Å². The maximum absolute atomic E-state index is 12.5. The third kappa shape index (κ3) is 5.78. The molecule has 0 atom stereocenters. The molecule has 1 amide bonds. The number of anilines is 1. The molecular weight excluding hydrogens is 496 g/mol. The van der Waals surface area contributed by atoms with E-state index in [1.165, 1.54) is 5.56 Å². The summed E-state index contributed by atoms with van der Waals surface area (Å²) in [5, 5.41) is 11.7. The number of aromatic nitrogens is 5. The zero-order valence-corrected chi connectivity index (χ0v) is 23.6. The molecule has 0 bridgehead atoms. The van der Waals surface area contributed by atoms with E-state index in [-0.39, 0.29) is 11.3 Å². The quantitative estimate of drug-likeness (QED) is 0.188. The van der Waals surface area contributed by atoms with Crippen molar-refractivity contribution in [3.8, 4) is 22.6 Å². The third-order valence-corrected chi connectivity index (χ3v) is 6.59. The number of hydrogen-bond donors (Lipinski definition) is 3. The Morgan fingerprint density at radius 1 is 1.05 bits per heavy atom. The molecule has 0 fully saturated rings. The van der Waals surface area contributed by atoms with Crippen LogP contribution in [0.25, 0.3) is 39.1 Å². The summed E-state index contributed by atoms with van der Waals surface area (Å²) in [5.41, 5.74) is 9.13. The van der Waals surface area contributed by atoms with Crippen LogP contribution in [0.3, 0.4) is 0 Å². The smallest absolute Gasteiger partial charge is 0.224 e. The lowest BCUT2D eigenvalue weighted by Crippen LogP contribution is -2.19. The van der Waals surface area contributed by atoms with Crippen LogP contribution < -0.4 is 5.32 Å². The number of pyridine rings is 1. The number of nitrogens with zero attached hydrogens (tertiary/aromatic N) is 3. The van der Waals surface area contributed by atoms with Gasteiger partial charge in [-0.1, -0.05) is 75.4 Å². The zero-order chi connectivity index (χ0) is 28.4.